The second kappa shape index (κ2) is 5.34. The minimum absolute atomic E-state index is 0.0114. The van der Waals surface area contributed by atoms with Gasteiger partial charge in [-0.25, -0.2) is 0 Å². The average molecular weight is 315 g/mol. The fourth-order valence-electron chi connectivity index (χ4n) is 3.62. The molecule has 3 saturated heterocycles. The van der Waals surface area contributed by atoms with Gasteiger partial charge in [-0.3, -0.25) is 14.9 Å². The zero-order chi connectivity index (χ0) is 16.0. The summed E-state index contributed by atoms with van der Waals surface area (Å²) in [5.41, 5.74) is 0.470. The van der Waals surface area contributed by atoms with Crippen LogP contribution in [-0.4, -0.2) is 41.4 Å². The maximum atomic E-state index is 12.4. The van der Waals surface area contributed by atoms with Crippen LogP contribution in [0.25, 0.3) is 11.0 Å². The van der Waals surface area contributed by atoms with E-state index in [0.29, 0.717) is 16.9 Å². The number of benzene rings is 1. The predicted molar refractivity (Wildman–Crippen MR) is 83.3 cm³/mol. The fraction of sp³-hybridized carbons (Fsp3) is 0.438. The molecule has 1 amide bonds. The number of nitrogens with one attached hydrogen (secondary N) is 1. The number of hydrogen-bond acceptors (Lipinski definition) is 5. The molecule has 7 heteroatoms. The summed E-state index contributed by atoms with van der Waals surface area (Å²) < 4.78 is 5.54. The van der Waals surface area contributed by atoms with Gasteiger partial charge in [-0.15, -0.1) is 0 Å². The number of carbonyl (C=O) groups is 1. The summed E-state index contributed by atoms with van der Waals surface area (Å²) in [6.07, 6.45) is 2.24. The Kier molecular flexibility index (Phi) is 3.30. The first-order valence-electron chi connectivity index (χ1n) is 7.81. The molecule has 0 spiro atoms. The lowest BCUT2D eigenvalue weighted by Crippen LogP contribution is -2.57. The van der Waals surface area contributed by atoms with E-state index in [0.717, 1.165) is 32.5 Å². The molecule has 3 fully saturated rings. The van der Waals surface area contributed by atoms with Crippen molar-refractivity contribution >= 4 is 22.6 Å². The summed E-state index contributed by atoms with van der Waals surface area (Å²) in [6, 6.07) is 6.05. The standard InChI is InChI=1S/C16H17N3O4/c20-16(17-13-9-18-5-3-10(13)4-6-18)15-8-11-7-12(19(21)22)1-2-14(11)23-15/h1-2,7-8,10,13H,3-6,9H2,(H,17,20)/t13-/m0/s1. The molecule has 23 heavy (non-hydrogen) atoms. The normalized spacial score (nSPS) is 26.3. The van der Waals surface area contributed by atoms with Gasteiger partial charge in [0.2, 0.25) is 0 Å². The van der Waals surface area contributed by atoms with Gasteiger partial charge in [0.25, 0.3) is 11.6 Å². The predicted octanol–water partition coefficient (Wildman–Crippen LogP) is 2.17. The summed E-state index contributed by atoms with van der Waals surface area (Å²) >= 11 is 0. The number of furan rings is 1. The fourth-order valence-corrected chi connectivity index (χ4v) is 3.62. The number of hydrogen-bond donors (Lipinski definition) is 1. The summed E-state index contributed by atoms with van der Waals surface area (Å²) in [7, 11) is 0. The highest BCUT2D eigenvalue weighted by molar-refractivity contribution is 5.96. The first kappa shape index (κ1) is 14.2. The van der Waals surface area contributed by atoms with Gasteiger partial charge in [0, 0.05) is 30.1 Å². The van der Waals surface area contributed by atoms with Crippen LogP contribution in [0.1, 0.15) is 23.4 Å². The average Bonchev–Trinajstić information content (AvgIpc) is 2.99. The van der Waals surface area contributed by atoms with E-state index in [1.165, 1.54) is 18.2 Å². The summed E-state index contributed by atoms with van der Waals surface area (Å²) in [6.45, 7) is 3.12. The van der Waals surface area contributed by atoms with Crippen molar-refractivity contribution in [3.8, 4) is 0 Å². The van der Waals surface area contributed by atoms with Crippen LogP contribution >= 0.6 is 0 Å². The van der Waals surface area contributed by atoms with Gasteiger partial charge in [-0.1, -0.05) is 0 Å². The third-order valence-corrected chi connectivity index (χ3v) is 4.91. The Balaban J connectivity index is 1.54. The molecule has 0 radical (unpaired) electrons. The van der Waals surface area contributed by atoms with Gasteiger partial charge in [-0.05, 0) is 44.0 Å². The Morgan fingerprint density at radius 1 is 1.30 bits per heavy atom. The Morgan fingerprint density at radius 3 is 2.74 bits per heavy atom. The van der Waals surface area contributed by atoms with Crippen molar-refractivity contribution in [1.29, 1.82) is 0 Å². The second-order valence-corrected chi connectivity index (χ2v) is 6.31. The van der Waals surface area contributed by atoms with E-state index in [4.69, 9.17) is 4.42 Å². The summed E-state index contributed by atoms with van der Waals surface area (Å²) in [5, 5.41) is 14.4. The van der Waals surface area contributed by atoms with Gasteiger partial charge < -0.3 is 14.6 Å². The Bertz CT molecular complexity index is 777. The van der Waals surface area contributed by atoms with Crippen LogP contribution in [0.4, 0.5) is 5.69 Å². The van der Waals surface area contributed by atoms with E-state index in [9.17, 15) is 14.9 Å². The Labute approximate surface area is 132 Å². The molecule has 3 aliphatic heterocycles. The number of rotatable bonds is 3. The number of nitro groups is 1. The van der Waals surface area contributed by atoms with Crippen LogP contribution < -0.4 is 5.32 Å². The van der Waals surface area contributed by atoms with Gasteiger partial charge in [0.1, 0.15) is 5.58 Å². The van der Waals surface area contributed by atoms with Crippen LogP contribution in [0.3, 0.4) is 0 Å². The molecule has 1 N–H and O–H groups in total. The number of piperidine rings is 3. The van der Waals surface area contributed by atoms with Crippen molar-refractivity contribution in [2.45, 2.75) is 18.9 Å². The molecule has 1 aromatic carbocycles. The van der Waals surface area contributed by atoms with Crippen molar-refractivity contribution in [2.24, 2.45) is 5.92 Å². The molecule has 5 rings (SSSR count). The Hall–Kier alpha value is -2.41. The molecular formula is C16H17N3O4. The van der Waals surface area contributed by atoms with Crippen molar-refractivity contribution < 1.29 is 14.1 Å². The lowest BCUT2D eigenvalue weighted by Gasteiger charge is -2.44. The highest BCUT2D eigenvalue weighted by Crippen LogP contribution is 2.28. The SMILES string of the molecule is O=C(N[C@H]1CN2CCC1CC2)c1cc2cc([N+](=O)[O-])ccc2o1. The van der Waals surface area contributed by atoms with Crippen molar-refractivity contribution in [3.63, 3.8) is 0 Å². The molecule has 3 aliphatic rings. The molecule has 2 bridgehead atoms. The van der Waals surface area contributed by atoms with Crippen molar-refractivity contribution in [3.05, 3.63) is 40.1 Å². The van der Waals surface area contributed by atoms with E-state index in [-0.39, 0.29) is 23.4 Å². The molecule has 0 unspecified atom stereocenters. The summed E-state index contributed by atoms with van der Waals surface area (Å²) in [5.74, 6) is 0.494. The quantitative estimate of drug-likeness (QED) is 0.692. The largest absolute Gasteiger partial charge is 0.451 e. The zero-order valence-electron chi connectivity index (χ0n) is 12.5. The number of amides is 1. The van der Waals surface area contributed by atoms with Gasteiger partial charge in [0.15, 0.2) is 5.76 Å². The third kappa shape index (κ3) is 2.57. The first-order chi connectivity index (χ1) is 11.1. The Morgan fingerprint density at radius 2 is 2.09 bits per heavy atom. The van der Waals surface area contributed by atoms with E-state index in [1.807, 2.05) is 0 Å². The number of carbonyl (C=O) groups excluding carboxylic acids is 1. The molecule has 2 aromatic rings. The van der Waals surface area contributed by atoms with E-state index in [1.54, 1.807) is 6.07 Å². The minimum atomic E-state index is -0.459. The maximum absolute atomic E-state index is 12.4. The second-order valence-electron chi connectivity index (χ2n) is 6.31. The third-order valence-electron chi connectivity index (χ3n) is 4.91. The monoisotopic (exact) mass is 315 g/mol. The highest BCUT2D eigenvalue weighted by atomic mass is 16.6. The van der Waals surface area contributed by atoms with Crippen LogP contribution in [0, 0.1) is 16.0 Å². The van der Waals surface area contributed by atoms with Crippen LogP contribution in [0.2, 0.25) is 0 Å². The number of nitrogens with zero attached hydrogens (tertiary/aromatic N) is 2. The van der Waals surface area contributed by atoms with Gasteiger partial charge >= 0.3 is 0 Å². The van der Waals surface area contributed by atoms with E-state index in [2.05, 4.69) is 10.2 Å². The molecule has 4 heterocycles. The van der Waals surface area contributed by atoms with Crippen LogP contribution in [0.5, 0.6) is 0 Å². The molecule has 0 aliphatic carbocycles. The number of nitro benzene ring substituents is 1. The molecule has 120 valence electrons. The van der Waals surface area contributed by atoms with Gasteiger partial charge in [0.05, 0.1) is 4.92 Å². The maximum Gasteiger partial charge on any atom is 0.287 e. The van der Waals surface area contributed by atoms with Crippen molar-refractivity contribution in [2.75, 3.05) is 19.6 Å². The lowest BCUT2D eigenvalue weighted by molar-refractivity contribution is -0.384. The van der Waals surface area contributed by atoms with E-state index >= 15 is 0 Å². The molecular weight excluding hydrogens is 298 g/mol. The first-order valence-corrected chi connectivity index (χ1v) is 7.81. The smallest absolute Gasteiger partial charge is 0.287 e. The molecule has 7 nitrogen and oxygen atoms in total. The molecule has 0 saturated carbocycles. The van der Waals surface area contributed by atoms with Gasteiger partial charge in [-0.2, -0.15) is 0 Å². The molecule has 1 aromatic heterocycles. The minimum Gasteiger partial charge on any atom is -0.451 e. The molecule has 1 atom stereocenters. The lowest BCUT2D eigenvalue weighted by atomic mass is 9.84. The highest BCUT2D eigenvalue weighted by Gasteiger charge is 2.35. The van der Waals surface area contributed by atoms with Crippen molar-refractivity contribution in [1.82, 2.24) is 10.2 Å². The number of fused-ring (bicyclic) bond motifs is 4. The topological polar surface area (TPSA) is 88.6 Å². The van der Waals surface area contributed by atoms with E-state index < -0.39 is 4.92 Å². The summed E-state index contributed by atoms with van der Waals surface area (Å²) in [4.78, 5) is 25.1. The van der Waals surface area contributed by atoms with Crippen LogP contribution in [0.15, 0.2) is 28.7 Å². The zero-order valence-corrected chi connectivity index (χ0v) is 12.5. The number of non-ortho nitro benzene ring substituents is 1. The van der Waals surface area contributed by atoms with Crippen LogP contribution in [-0.2, 0) is 0 Å².